The molecular formula is C18H22F2N8O2S. The van der Waals surface area contributed by atoms with Crippen LogP contribution in [0.2, 0.25) is 0 Å². The summed E-state index contributed by atoms with van der Waals surface area (Å²) in [6.07, 6.45) is 2.85. The van der Waals surface area contributed by atoms with Crippen LogP contribution in [0, 0.1) is 0 Å². The molecule has 1 aliphatic rings. The summed E-state index contributed by atoms with van der Waals surface area (Å²) in [4.78, 5) is 12.8. The highest BCUT2D eigenvalue weighted by Gasteiger charge is 2.25. The van der Waals surface area contributed by atoms with Gasteiger partial charge in [-0.2, -0.15) is 5.10 Å². The zero-order chi connectivity index (χ0) is 22.2. The van der Waals surface area contributed by atoms with E-state index in [4.69, 9.17) is 0 Å². The number of nitrogens with one attached hydrogen (secondary N) is 2. The van der Waals surface area contributed by atoms with Gasteiger partial charge in [0.2, 0.25) is 16.0 Å². The standard InChI is InChI=1S/C18H22F2N8O2S/c1-27-6-5-14(26-27)24-17-15-11(9-13(23-17)16(19)20)10-21-18(25-15)22-12-3-7-28(8-4-12)31(2,29)30/h5-6,9-10,12,16H,3-4,7-8H2,1-2H3,(H,21,22,25)(H,23,24,26). The van der Waals surface area contributed by atoms with E-state index >= 15 is 0 Å². The number of pyridine rings is 1. The molecule has 31 heavy (non-hydrogen) atoms. The molecule has 4 heterocycles. The molecule has 0 atom stereocenters. The van der Waals surface area contributed by atoms with Gasteiger partial charge in [-0.3, -0.25) is 4.68 Å². The molecule has 0 spiro atoms. The summed E-state index contributed by atoms with van der Waals surface area (Å²) < 4.78 is 53.0. The van der Waals surface area contributed by atoms with Crippen molar-refractivity contribution in [2.75, 3.05) is 30.0 Å². The number of hydrogen-bond acceptors (Lipinski definition) is 8. The Morgan fingerprint density at radius 1 is 1.23 bits per heavy atom. The second kappa shape index (κ2) is 8.30. The quantitative estimate of drug-likeness (QED) is 0.585. The summed E-state index contributed by atoms with van der Waals surface area (Å²) in [6, 6.07) is 2.95. The molecule has 13 heteroatoms. The van der Waals surface area contributed by atoms with Crippen LogP contribution in [0.4, 0.5) is 26.4 Å². The van der Waals surface area contributed by atoms with E-state index in [-0.39, 0.29) is 17.6 Å². The number of alkyl halides is 2. The molecule has 0 unspecified atom stereocenters. The summed E-state index contributed by atoms with van der Waals surface area (Å²) in [6.45, 7) is 0.825. The van der Waals surface area contributed by atoms with Crippen LogP contribution >= 0.6 is 0 Å². The normalized spacial score (nSPS) is 16.2. The molecule has 1 aliphatic heterocycles. The predicted octanol–water partition coefficient (Wildman–Crippen LogP) is 2.28. The number of aromatic nitrogens is 5. The van der Waals surface area contributed by atoms with Gasteiger partial charge in [0.15, 0.2) is 11.6 Å². The SMILES string of the molecule is Cn1ccc(Nc2nc(C(F)F)cc3cnc(NC4CCN(S(C)(=O)=O)CC4)nc23)n1. The highest BCUT2D eigenvalue weighted by molar-refractivity contribution is 7.88. The third-order valence-electron chi connectivity index (χ3n) is 5.03. The van der Waals surface area contributed by atoms with E-state index in [1.165, 1.54) is 22.8 Å². The van der Waals surface area contributed by atoms with E-state index in [1.54, 1.807) is 24.0 Å². The summed E-state index contributed by atoms with van der Waals surface area (Å²) >= 11 is 0. The number of anilines is 3. The van der Waals surface area contributed by atoms with Gasteiger partial charge < -0.3 is 10.6 Å². The number of fused-ring (bicyclic) bond motifs is 1. The lowest BCUT2D eigenvalue weighted by atomic mass is 10.1. The first kappa shape index (κ1) is 21.3. The largest absolute Gasteiger partial charge is 0.351 e. The van der Waals surface area contributed by atoms with Crippen molar-refractivity contribution in [2.24, 2.45) is 7.05 Å². The maximum atomic E-state index is 13.3. The van der Waals surface area contributed by atoms with E-state index in [1.807, 2.05) is 0 Å². The van der Waals surface area contributed by atoms with Gasteiger partial charge in [0.25, 0.3) is 6.43 Å². The van der Waals surface area contributed by atoms with E-state index in [0.717, 1.165) is 0 Å². The number of nitrogens with zero attached hydrogens (tertiary/aromatic N) is 6. The smallest absolute Gasteiger partial charge is 0.280 e. The highest BCUT2D eigenvalue weighted by Crippen LogP contribution is 2.28. The van der Waals surface area contributed by atoms with Crippen molar-refractivity contribution in [3.63, 3.8) is 0 Å². The summed E-state index contributed by atoms with van der Waals surface area (Å²) in [5.74, 6) is 0.925. The first-order valence-electron chi connectivity index (χ1n) is 9.63. The molecule has 166 valence electrons. The fraction of sp³-hybridized carbons (Fsp3) is 0.444. The lowest BCUT2D eigenvalue weighted by molar-refractivity contribution is 0.146. The molecule has 0 amide bonds. The Bertz CT molecular complexity index is 1190. The minimum atomic E-state index is -3.21. The van der Waals surface area contributed by atoms with Crippen LogP contribution in [0.1, 0.15) is 25.0 Å². The van der Waals surface area contributed by atoms with Gasteiger partial charge in [0.05, 0.1) is 6.26 Å². The Morgan fingerprint density at radius 3 is 2.58 bits per heavy atom. The Hall–Kier alpha value is -2.93. The molecule has 0 saturated carbocycles. The molecule has 2 N–H and O–H groups in total. The second-order valence-electron chi connectivity index (χ2n) is 7.41. The molecule has 3 aromatic rings. The monoisotopic (exact) mass is 452 g/mol. The molecule has 10 nitrogen and oxygen atoms in total. The minimum absolute atomic E-state index is 0.00375. The molecular weight excluding hydrogens is 430 g/mol. The molecule has 3 aromatic heterocycles. The Morgan fingerprint density at radius 2 is 1.97 bits per heavy atom. The Balaban J connectivity index is 1.60. The second-order valence-corrected chi connectivity index (χ2v) is 9.39. The third-order valence-corrected chi connectivity index (χ3v) is 6.33. The number of halogens is 2. The van der Waals surface area contributed by atoms with Crippen molar-refractivity contribution >= 4 is 38.5 Å². The van der Waals surface area contributed by atoms with Gasteiger partial charge in [-0.05, 0) is 18.9 Å². The third kappa shape index (κ3) is 4.88. The van der Waals surface area contributed by atoms with Crippen LogP contribution in [0.5, 0.6) is 0 Å². The van der Waals surface area contributed by atoms with Crippen molar-refractivity contribution in [3.8, 4) is 0 Å². The van der Waals surface area contributed by atoms with Gasteiger partial charge >= 0.3 is 0 Å². The zero-order valence-corrected chi connectivity index (χ0v) is 17.8. The predicted molar refractivity (Wildman–Crippen MR) is 112 cm³/mol. The van der Waals surface area contributed by atoms with Gasteiger partial charge in [-0.25, -0.2) is 36.5 Å². The Labute approximate surface area is 177 Å². The lowest BCUT2D eigenvalue weighted by Gasteiger charge is -2.30. The zero-order valence-electron chi connectivity index (χ0n) is 17.0. The average Bonchev–Trinajstić information content (AvgIpc) is 3.12. The molecule has 1 saturated heterocycles. The molecule has 0 aromatic carbocycles. The first-order valence-corrected chi connectivity index (χ1v) is 11.5. The molecule has 0 radical (unpaired) electrons. The van der Waals surface area contributed by atoms with Crippen molar-refractivity contribution in [1.82, 2.24) is 29.0 Å². The molecule has 4 rings (SSSR count). The number of hydrogen-bond donors (Lipinski definition) is 2. The van der Waals surface area contributed by atoms with Crippen molar-refractivity contribution < 1.29 is 17.2 Å². The van der Waals surface area contributed by atoms with Crippen LogP contribution in [-0.4, -0.2) is 62.8 Å². The summed E-state index contributed by atoms with van der Waals surface area (Å²) in [7, 11) is -1.47. The van der Waals surface area contributed by atoms with Crippen molar-refractivity contribution in [1.29, 1.82) is 0 Å². The first-order chi connectivity index (χ1) is 14.7. The minimum Gasteiger partial charge on any atom is -0.351 e. The van der Waals surface area contributed by atoms with Crippen LogP contribution in [-0.2, 0) is 17.1 Å². The fourth-order valence-corrected chi connectivity index (χ4v) is 4.32. The summed E-state index contributed by atoms with van der Waals surface area (Å²) in [5.41, 5.74) is -0.00971. The lowest BCUT2D eigenvalue weighted by Crippen LogP contribution is -2.42. The number of rotatable bonds is 6. The van der Waals surface area contributed by atoms with E-state index in [0.29, 0.717) is 48.6 Å². The molecule has 0 aliphatic carbocycles. The number of aryl methyl sites for hydroxylation is 1. The topological polar surface area (TPSA) is 118 Å². The van der Waals surface area contributed by atoms with Gasteiger partial charge in [0, 0.05) is 50.0 Å². The number of piperidine rings is 1. The van der Waals surface area contributed by atoms with E-state index < -0.39 is 16.4 Å². The maximum Gasteiger partial charge on any atom is 0.280 e. The van der Waals surface area contributed by atoms with Gasteiger partial charge in [0.1, 0.15) is 11.2 Å². The Kier molecular flexibility index (Phi) is 5.71. The highest BCUT2D eigenvalue weighted by atomic mass is 32.2. The number of sulfonamides is 1. The van der Waals surface area contributed by atoms with Crippen LogP contribution in [0.25, 0.3) is 10.9 Å². The van der Waals surface area contributed by atoms with E-state index in [2.05, 4.69) is 30.7 Å². The maximum absolute atomic E-state index is 13.3. The van der Waals surface area contributed by atoms with E-state index in [9.17, 15) is 17.2 Å². The fourth-order valence-electron chi connectivity index (χ4n) is 3.45. The van der Waals surface area contributed by atoms with Crippen LogP contribution < -0.4 is 10.6 Å². The molecule has 0 bridgehead atoms. The molecule has 1 fully saturated rings. The van der Waals surface area contributed by atoms with Crippen LogP contribution in [0.3, 0.4) is 0 Å². The van der Waals surface area contributed by atoms with Crippen molar-refractivity contribution in [3.05, 3.63) is 30.2 Å². The summed E-state index contributed by atoms with van der Waals surface area (Å²) in [5, 5.41) is 10.8. The average molecular weight is 452 g/mol. The van der Waals surface area contributed by atoms with Crippen molar-refractivity contribution in [2.45, 2.75) is 25.3 Å². The van der Waals surface area contributed by atoms with Crippen LogP contribution in [0.15, 0.2) is 24.5 Å². The van der Waals surface area contributed by atoms with Gasteiger partial charge in [-0.15, -0.1) is 0 Å². The van der Waals surface area contributed by atoms with Gasteiger partial charge in [-0.1, -0.05) is 0 Å².